The summed E-state index contributed by atoms with van der Waals surface area (Å²) in [6.45, 7) is 4.06. The first-order chi connectivity index (χ1) is 12.8. The standard InChI is InChI=1S/C22H30N2O3/c1-3-5-13-21(23,15-25)18-11-7-10-17-16(18)9-8-12-19(17)22(24,20(26)27)14-6-4-2/h7-12,15H,3-6,13-14,23-24H2,1-2H3,(H,26,27). The zero-order chi connectivity index (χ0) is 20.1. The molecule has 0 saturated carbocycles. The number of benzene rings is 2. The van der Waals surface area contributed by atoms with E-state index in [1.165, 1.54) is 0 Å². The normalized spacial score (nSPS) is 15.9. The summed E-state index contributed by atoms with van der Waals surface area (Å²) in [6, 6.07) is 11.0. The summed E-state index contributed by atoms with van der Waals surface area (Å²) in [5.74, 6) is -1.05. The predicted octanol–water partition coefficient (Wildman–Crippen LogP) is 3.81. The van der Waals surface area contributed by atoms with E-state index >= 15 is 0 Å². The predicted molar refractivity (Wildman–Crippen MR) is 108 cm³/mol. The third kappa shape index (κ3) is 4.04. The Balaban J connectivity index is 2.70. The first-order valence-electron chi connectivity index (χ1n) is 9.64. The average Bonchev–Trinajstić information content (AvgIpc) is 2.69. The number of carboxylic acids is 1. The number of rotatable bonds is 10. The van der Waals surface area contributed by atoms with Crippen LogP contribution in [0.1, 0.15) is 63.5 Å². The largest absolute Gasteiger partial charge is 0.480 e. The van der Waals surface area contributed by atoms with Crippen molar-refractivity contribution >= 4 is 23.0 Å². The van der Waals surface area contributed by atoms with Gasteiger partial charge in [0.05, 0.1) is 5.54 Å². The van der Waals surface area contributed by atoms with E-state index in [9.17, 15) is 14.7 Å². The van der Waals surface area contributed by atoms with Crippen molar-refractivity contribution in [2.75, 3.05) is 0 Å². The molecule has 0 amide bonds. The number of carboxylic acid groups (broad SMARTS) is 1. The fourth-order valence-electron chi connectivity index (χ4n) is 3.64. The van der Waals surface area contributed by atoms with Crippen LogP contribution in [0, 0.1) is 0 Å². The highest BCUT2D eigenvalue weighted by Crippen LogP contribution is 2.36. The number of fused-ring (bicyclic) bond motifs is 1. The second-order valence-electron chi connectivity index (χ2n) is 7.35. The molecule has 0 saturated heterocycles. The van der Waals surface area contributed by atoms with Crippen molar-refractivity contribution in [3.05, 3.63) is 47.5 Å². The number of hydrogen-bond acceptors (Lipinski definition) is 4. The van der Waals surface area contributed by atoms with Gasteiger partial charge in [0.15, 0.2) is 0 Å². The van der Waals surface area contributed by atoms with Crippen molar-refractivity contribution in [2.45, 2.75) is 63.5 Å². The van der Waals surface area contributed by atoms with Crippen molar-refractivity contribution in [2.24, 2.45) is 11.5 Å². The molecule has 0 aromatic heterocycles. The minimum absolute atomic E-state index is 0.347. The minimum atomic E-state index is -1.48. The van der Waals surface area contributed by atoms with Crippen molar-refractivity contribution in [3.63, 3.8) is 0 Å². The highest BCUT2D eigenvalue weighted by atomic mass is 16.4. The Labute approximate surface area is 160 Å². The van der Waals surface area contributed by atoms with Crippen molar-refractivity contribution in [1.29, 1.82) is 0 Å². The summed E-state index contributed by atoms with van der Waals surface area (Å²) in [5, 5.41) is 11.4. The highest BCUT2D eigenvalue weighted by molar-refractivity contribution is 5.96. The summed E-state index contributed by atoms with van der Waals surface area (Å²) in [5.41, 5.74) is 11.5. The second-order valence-corrected chi connectivity index (χ2v) is 7.35. The van der Waals surface area contributed by atoms with E-state index in [2.05, 4.69) is 6.92 Å². The molecule has 0 spiro atoms. The average molecular weight is 370 g/mol. The van der Waals surface area contributed by atoms with Crippen LogP contribution in [0.4, 0.5) is 0 Å². The van der Waals surface area contributed by atoms with Gasteiger partial charge in [-0.15, -0.1) is 0 Å². The van der Waals surface area contributed by atoms with E-state index in [1.54, 1.807) is 12.1 Å². The Bertz CT molecular complexity index is 820. The van der Waals surface area contributed by atoms with Crippen LogP contribution in [0.15, 0.2) is 36.4 Å². The number of aldehydes is 1. The lowest BCUT2D eigenvalue weighted by atomic mass is 9.79. The van der Waals surface area contributed by atoms with Crippen LogP contribution in [0.5, 0.6) is 0 Å². The summed E-state index contributed by atoms with van der Waals surface area (Å²) < 4.78 is 0. The molecule has 2 aromatic carbocycles. The lowest BCUT2D eigenvalue weighted by Gasteiger charge is -2.29. The number of unbranched alkanes of at least 4 members (excludes halogenated alkanes) is 2. The molecule has 5 N–H and O–H groups in total. The molecule has 5 nitrogen and oxygen atoms in total. The summed E-state index contributed by atoms with van der Waals surface area (Å²) in [4.78, 5) is 23.9. The Kier molecular flexibility index (Phi) is 6.73. The van der Waals surface area contributed by atoms with Gasteiger partial charge < -0.3 is 21.4 Å². The van der Waals surface area contributed by atoms with Gasteiger partial charge in [0.25, 0.3) is 0 Å². The van der Waals surface area contributed by atoms with Gasteiger partial charge in [-0.3, -0.25) is 0 Å². The minimum Gasteiger partial charge on any atom is -0.480 e. The quantitative estimate of drug-likeness (QED) is 0.551. The fraction of sp³-hybridized carbons (Fsp3) is 0.455. The molecule has 2 atom stereocenters. The monoisotopic (exact) mass is 370 g/mol. The molecular formula is C22H30N2O3. The molecule has 0 bridgehead atoms. The zero-order valence-electron chi connectivity index (χ0n) is 16.2. The number of carbonyl (C=O) groups excluding carboxylic acids is 1. The molecule has 0 aliphatic carbocycles. The molecule has 0 aliphatic heterocycles. The fourth-order valence-corrected chi connectivity index (χ4v) is 3.64. The van der Waals surface area contributed by atoms with Gasteiger partial charge in [-0.2, -0.15) is 0 Å². The molecule has 2 rings (SSSR count). The first-order valence-corrected chi connectivity index (χ1v) is 9.64. The molecular weight excluding hydrogens is 340 g/mol. The SMILES string of the molecule is CCCCC(N)(C=O)c1cccc2c(C(N)(CCCC)C(=O)O)cccc12. The third-order valence-electron chi connectivity index (χ3n) is 5.36. The molecule has 27 heavy (non-hydrogen) atoms. The van der Waals surface area contributed by atoms with Crippen molar-refractivity contribution in [1.82, 2.24) is 0 Å². The second kappa shape index (κ2) is 8.63. The number of carbonyl (C=O) groups is 2. The van der Waals surface area contributed by atoms with E-state index in [1.807, 2.05) is 31.2 Å². The molecule has 2 aromatic rings. The van der Waals surface area contributed by atoms with Gasteiger partial charge in [0.2, 0.25) is 0 Å². The van der Waals surface area contributed by atoms with Crippen LogP contribution in [0.3, 0.4) is 0 Å². The van der Waals surface area contributed by atoms with Gasteiger partial charge in [0.1, 0.15) is 11.8 Å². The summed E-state index contributed by atoms with van der Waals surface area (Å²) in [6.07, 6.45) is 5.02. The van der Waals surface area contributed by atoms with Crippen LogP contribution >= 0.6 is 0 Å². The molecule has 0 fully saturated rings. The molecule has 2 unspecified atom stereocenters. The van der Waals surface area contributed by atoms with E-state index in [-0.39, 0.29) is 0 Å². The van der Waals surface area contributed by atoms with Crippen LogP contribution in [0.2, 0.25) is 0 Å². The molecule has 5 heteroatoms. The highest BCUT2D eigenvalue weighted by Gasteiger charge is 2.37. The number of hydrogen-bond donors (Lipinski definition) is 3. The van der Waals surface area contributed by atoms with Crippen LogP contribution in [-0.4, -0.2) is 17.4 Å². The molecule has 0 aliphatic rings. The Morgan fingerprint density at radius 3 is 2.00 bits per heavy atom. The lowest BCUT2D eigenvalue weighted by Crippen LogP contribution is -2.45. The summed E-state index contributed by atoms with van der Waals surface area (Å²) >= 11 is 0. The van der Waals surface area contributed by atoms with Gasteiger partial charge >= 0.3 is 5.97 Å². The Morgan fingerprint density at radius 1 is 0.963 bits per heavy atom. The molecule has 0 heterocycles. The molecule has 146 valence electrons. The van der Waals surface area contributed by atoms with Gasteiger partial charge in [0, 0.05) is 0 Å². The number of aliphatic carboxylic acids is 1. The van der Waals surface area contributed by atoms with Crippen molar-refractivity contribution < 1.29 is 14.7 Å². The van der Waals surface area contributed by atoms with E-state index in [4.69, 9.17) is 11.5 Å². The Hall–Kier alpha value is -2.24. The lowest BCUT2D eigenvalue weighted by molar-refractivity contribution is -0.144. The van der Waals surface area contributed by atoms with Crippen LogP contribution < -0.4 is 11.5 Å². The van der Waals surface area contributed by atoms with Gasteiger partial charge in [-0.05, 0) is 34.7 Å². The number of nitrogens with two attached hydrogens (primary N) is 2. The third-order valence-corrected chi connectivity index (χ3v) is 5.36. The topological polar surface area (TPSA) is 106 Å². The van der Waals surface area contributed by atoms with Crippen LogP contribution in [-0.2, 0) is 20.7 Å². The maximum Gasteiger partial charge on any atom is 0.328 e. The van der Waals surface area contributed by atoms with Gasteiger partial charge in [-0.1, -0.05) is 75.9 Å². The maximum atomic E-state index is 12.0. The molecule has 0 radical (unpaired) electrons. The smallest absolute Gasteiger partial charge is 0.328 e. The van der Waals surface area contributed by atoms with E-state index < -0.39 is 17.0 Å². The van der Waals surface area contributed by atoms with Crippen LogP contribution in [0.25, 0.3) is 10.8 Å². The van der Waals surface area contributed by atoms with E-state index in [0.29, 0.717) is 30.4 Å². The maximum absolute atomic E-state index is 12.0. The van der Waals surface area contributed by atoms with Gasteiger partial charge in [-0.25, -0.2) is 4.79 Å². The zero-order valence-corrected chi connectivity index (χ0v) is 16.2. The summed E-state index contributed by atoms with van der Waals surface area (Å²) in [7, 11) is 0. The Morgan fingerprint density at radius 2 is 1.48 bits per heavy atom. The van der Waals surface area contributed by atoms with Crippen molar-refractivity contribution in [3.8, 4) is 0 Å². The first kappa shape index (κ1) is 21.1. The van der Waals surface area contributed by atoms with E-state index in [0.717, 1.165) is 36.3 Å².